The Balaban J connectivity index is 2.74. The lowest BCUT2D eigenvalue weighted by Crippen LogP contribution is -2.30. The van der Waals surface area contributed by atoms with Crippen LogP contribution < -0.4 is 5.32 Å². The highest BCUT2D eigenvalue weighted by Gasteiger charge is 2.11. The number of hydrogen-bond donors (Lipinski definition) is 1. The van der Waals surface area contributed by atoms with E-state index in [1.165, 1.54) is 19.2 Å². The van der Waals surface area contributed by atoms with E-state index in [4.69, 9.17) is 5.26 Å². The Morgan fingerprint density at radius 3 is 2.75 bits per heavy atom. The maximum Gasteiger partial charge on any atom is 0.325 e. The zero-order chi connectivity index (χ0) is 12.0. The Kier molecular flexibility index (Phi) is 4.04. The van der Waals surface area contributed by atoms with Crippen LogP contribution in [-0.2, 0) is 9.53 Å². The lowest BCUT2D eigenvalue weighted by Gasteiger charge is -2.04. The van der Waals surface area contributed by atoms with Crippen LogP contribution in [0.2, 0.25) is 0 Å². The Hall–Kier alpha value is -2.35. The average Bonchev–Trinajstić information content (AvgIpc) is 2.35. The number of methoxy groups -OCH3 is 1. The van der Waals surface area contributed by atoms with Gasteiger partial charge in [-0.15, -0.1) is 0 Å². The van der Waals surface area contributed by atoms with E-state index in [1.807, 2.05) is 6.07 Å². The molecule has 5 heteroatoms. The van der Waals surface area contributed by atoms with Crippen molar-refractivity contribution < 1.29 is 14.3 Å². The van der Waals surface area contributed by atoms with Crippen molar-refractivity contribution >= 4 is 11.9 Å². The number of esters is 1. The number of rotatable bonds is 3. The van der Waals surface area contributed by atoms with Crippen molar-refractivity contribution in [1.82, 2.24) is 5.32 Å². The molecule has 1 rings (SSSR count). The molecule has 0 fully saturated rings. The smallest absolute Gasteiger partial charge is 0.325 e. The summed E-state index contributed by atoms with van der Waals surface area (Å²) < 4.78 is 4.37. The largest absolute Gasteiger partial charge is 0.468 e. The molecule has 0 heterocycles. The molecule has 0 saturated heterocycles. The van der Waals surface area contributed by atoms with Gasteiger partial charge in [-0.05, 0) is 12.1 Å². The number of nitrogens with one attached hydrogen (secondary N) is 1. The first-order valence-corrected chi connectivity index (χ1v) is 4.53. The van der Waals surface area contributed by atoms with Crippen LogP contribution in [0.5, 0.6) is 0 Å². The van der Waals surface area contributed by atoms with Gasteiger partial charge < -0.3 is 10.1 Å². The minimum absolute atomic E-state index is 0.213. The van der Waals surface area contributed by atoms with Crippen LogP contribution in [0.25, 0.3) is 0 Å². The van der Waals surface area contributed by atoms with E-state index in [-0.39, 0.29) is 17.7 Å². The van der Waals surface area contributed by atoms with Crippen LogP contribution in [0, 0.1) is 11.3 Å². The Morgan fingerprint density at radius 1 is 1.44 bits per heavy atom. The predicted octanol–water partition coefficient (Wildman–Crippen LogP) is 0.461. The van der Waals surface area contributed by atoms with Gasteiger partial charge >= 0.3 is 5.97 Å². The molecular weight excluding hydrogens is 208 g/mol. The van der Waals surface area contributed by atoms with Crippen LogP contribution in [0.15, 0.2) is 24.3 Å². The van der Waals surface area contributed by atoms with Gasteiger partial charge in [0.15, 0.2) is 0 Å². The summed E-state index contributed by atoms with van der Waals surface area (Å²) >= 11 is 0. The summed E-state index contributed by atoms with van der Waals surface area (Å²) in [6.45, 7) is -0.213. The molecule has 16 heavy (non-hydrogen) atoms. The number of benzene rings is 1. The molecule has 1 amide bonds. The minimum Gasteiger partial charge on any atom is -0.468 e. The Labute approximate surface area is 92.6 Å². The molecule has 0 aliphatic heterocycles. The second-order valence-electron chi connectivity index (χ2n) is 2.92. The summed E-state index contributed by atoms with van der Waals surface area (Å²) in [5.41, 5.74) is 0.513. The first kappa shape index (κ1) is 11.7. The lowest BCUT2D eigenvalue weighted by molar-refractivity contribution is -0.139. The molecule has 0 radical (unpaired) electrons. The van der Waals surface area contributed by atoms with Crippen LogP contribution in [-0.4, -0.2) is 25.5 Å². The van der Waals surface area contributed by atoms with Gasteiger partial charge in [0.25, 0.3) is 5.91 Å². The summed E-state index contributed by atoms with van der Waals surface area (Å²) in [5.74, 6) is -1.01. The number of hydrogen-bond acceptors (Lipinski definition) is 4. The molecule has 0 aliphatic carbocycles. The number of carbonyl (C=O) groups is 2. The van der Waals surface area contributed by atoms with Gasteiger partial charge in [0.1, 0.15) is 6.54 Å². The molecule has 0 saturated carbocycles. The molecular formula is C11H10N2O3. The van der Waals surface area contributed by atoms with Gasteiger partial charge in [0.2, 0.25) is 0 Å². The molecule has 1 aromatic rings. The van der Waals surface area contributed by atoms with Crippen LogP contribution >= 0.6 is 0 Å². The molecule has 0 spiro atoms. The second kappa shape index (κ2) is 5.51. The molecule has 1 aromatic carbocycles. The van der Waals surface area contributed by atoms with Gasteiger partial charge in [0, 0.05) is 0 Å². The van der Waals surface area contributed by atoms with Gasteiger partial charge in [0.05, 0.1) is 24.3 Å². The summed E-state index contributed by atoms with van der Waals surface area (Å²) in [7, 11) is 1.23. The van der Waals surface area contributed by atoms with Crippen LogP contribution in [0.3, 0.4) is 0 Å². The monoisotopic (exact) mass is 218 g/mol. The molecule has 5 nitrogen and oxygen atoms in total. The van der Waals surface area contributed by atoms with E-state index in [2.05, 4.69) is 10.1 Å². The standard InChI is InChI=1S/C11H10N2O3/c1-16-10(14)7-13-11(15)9-5-3-2-4-8(9)6-12/h2-5H,7H2,1H3,(H,13,15). The highest BCUT2D eigenvalue weighted by molar-refractivity contribution is 5.98. The van der Waals surface area contributed by atoms with Crippen molar-refractivity contribution in [1.29, 1.82) is 5.26 Å². The van der Waals surface area contributed by atoms with Gasteiger partial charge in [-0.25, -0.2) is 0 Å². The zero-order valence-electron chi connectivity index (χ0n) is 8.69. The fourth-order valence-electron chi connectivity index (χ4n) is 1.10. The fraction of sp³-hybridized carbons (Fsp3) is 0.182. The summed E-state index contributed by atoms with van der Waals surface area (Å²) in [5, 5.41) is 11.1. The second-order valence-corrected chi connectivity index (χ2v) is 2.92. The first-order valence-electron chi connectivity index (χ1n) is 4.53. The number of nitrogens with zero attached hydrogens (tertiary/aromatic N) is 1. The highest BCUT2D eigenvalue weighted by atomic mass is 16.5. The third kappa shape index (κ3) is 2.82. The SMILES string of the molecule is COC(=O)CNC(=O)c1ccccc1C#N. The van der Waals surface area contributed by atoms with Gasteiger partial charge in [-0.1, -0.05) is 12.1 Å². The van der Waals surface area contributed by atoms with Gasteiger partial charge in [-0.3, -0.25) is 9.59 Å². The Morgan fingerprint density at radius 2 is 2.12 bits per heavy atom. The quantitative estimate of drug-likeness (QED) is 0.747. The number of nitriles is 1. The lowest BCUT2D eigenvalue weighted by atomic mass is 10.1. The maximum absolute atomic E-state index is 11.6. The highest BCUT2D eigenvalue weighted by Crippen LogP contribution is 2.06. The van der Waals surface area contributed by atoms with Crippen LogP contribution in [0.1, 0.15) is 15.9 Å². The number of ether oxygens (including phenoxy) is 1. The zero-order valence-corrected chi connectivity index (χ0v) is 8.69. The average molecular weight is 218 g/mol. The molecule has 82 valence electrons. The van der Waals surface area contributed by atoms with Crippen molar-refractivity contribution in [3.05, 3.63) is 35.4 Å². The van der Waals surface area contributed by atoms with E-state index in [0.29, 0.717) is 0 Å². The van der Waals surface area contributed by atoms with Gasteiger partial charge in [-0.2, -0.15) is 5.26 Å². The number of amides is 1. The minimum atomic E-state index is -0.539. The van der Waals surface area contributed by atoms with E-state index >= 15 is 0 Å². The van der Waals surface area contributed by atoms with Crippen molar-refractivity contribution in [2.75, 3.05) is 13.7 Å². The fourth-order valence-corrected chi connectivity index (χ4v) is 1.10. The van der Waals surface area contributed by atoms with E-state index in [1.54, 1.807) is 12.1 Å². The van der Waals surface area contributed by atoms with Crippen molar-refractivity contribution in [3.63, 3.8) is 0 Å². The van der Waals surface area contributed by atoms with Crippen molar-refractivity contribution in [2.24, 2.45) is 0 Å². The summed E-state index contributed by atoms with van der Waals surface area (Å²) in [6, 6.07) is 8.26. The van der Waals surface area contributed by atoms with E-state index in [9.17, 15) is 9.59 Å². The Bertz CT molecular complexity index is 449. The topological polar surface area (TPSA) is 79.2 Å². The molecule has 0 bridgehead atoms. The molecule has 0 unspecified atom stereocenters. The summed E-state index contributed by atoms with van der Waals surface area (Å²) in [4.78, 5) is 22.4. The third-order valence-electron chi connectivity index (χ3n) is 1.91. The first-order chi connectivity index (χ1) is 7.69. The number of carbonyl (C=O) groups excluding carboxylic acids is 2. The van der Waals surface area contributed by atoms with E-state index < -0.39 is 11.9 Å². The predicted molar refractivity (Wildman–Crippen MR) is 55.5 cm³/mol. The van der Waals surface area contributed by atoms with Crippen LogP contribution in [0.4, 0.5) is 0 Å². The van der Waals surface area contributed by atoms with Crippen molar-refractivity contribution in [2.45, 2.75) is 0 Å². The molecule has 0 aromatic heterocycles. The molecule has 1 N–H and O–H groups in total. The van der Waals surface area contributed by atoms with Crippen molar-refractivity contribution in [3.8, 4) is 6.07 Å². The maximum atomic E-state index is 11.6. The normalized spacial score (nSPS) is 9.00. The van der Waals surface area contributed by atoms with E-state index in [0.717, 1.165) is 0 Å². The third-order valence-corrected chi connectivity index (χ3v) is 1.91. The molecule has 0 atom stereocenters. The molecule has 0 aliphatic rings. The summed E-state index contributed by atoms with van der Waals surface area (Å²) in [6.07, 6.45) is 0.